The lowest BCUT2D eigenvalue weighted by molar-refractivity contribution is 1.17. The van der Waals surface area contributed by atoms with E-state index in [0.717, 1.165) is 55.4 Å². The van der Waals surface area contributed by atoms with Crippen LogP contribution in [0.25, 0.3) is 77.2 Å². The molecule has 2 heterocycles. The lowest BCUT2D eigenvalue weighted by Gasteiger charge is -2.16. The van der Waals surface area contributed by atoms with Crippen LogP contribution in [0.1, 0.15) is 11.1 Å². The van der Waals surface area contributed by atoms with Gasteiger partial charge in [0, 0.05) is 32.8 Å². The highest BCUT2D eigenvalue weighted by molar-refractivity contribution is 6.12. The van der Waals surface area contributed by atoms with Gasteiger partial charge in [-0.05, 0) is 77.4 Å². The number of nitrogens with zero attached hydrogens (tertiary/aromatic N) is 4. The monoisotopic (exact) mass is 610 g/mol. The summed E-state index contributed by atoms with van der Waals surface area (Å²) in [6.45, 7) is 0. The zero-order chi connectivity index (χ0) is 32.2. The summed E-state index contributed by atoms with van der Waals surface area (Å²) in [6, 6.07) is 59.0. The van der Waals surface area contributed by atoms with Gasteiger partial charge in [0.2, 0.25) is 0 Å². The number of benzene rings is 7. The molecule has 0 spiro atoms. The molecule has 0 saturated heterocycles. The largest absolute Gasteiger partial charge is 0.309 e. The first-order valence-corrected chi connectivity index (χ1v) is 15.9. The van der Waals surface area contributed by atoms with E-state index in [1.54, 1.807) is 0 Å². The number of para-hydroxylation sites is 4. The minimum atomic E-state index is 0.578. The van der Waals surface area contributed by atoms with Gasteiger partial charge in [-0.2, -0.15) is 10.5 Å². The van der Waals surface area contributed by atoms with Gasteiger partial charge < -0.3 is 9.13 Å². The van der Waals surface area contributed by atoms with E-state index in [2.05, 4.69) is 137 Å². The SMILES string of the molecule is N#Cc1ccc(-n2c3ccccc3c3cccc(C#N)c32)c(-c2cccc(-c3cccc(-n4c5ccccc5c5ccccc54)c3)c2)c1. The second-order valence-electron chi connectivity index (χ2n) is 12.0. The molecular weight excluding hydrogens is 585 g/mol. The summed E-state index contributed by atoms with van der Waals surface area (Å²) >= 11 is 0. The number of hydrogen-bond acceptors (Lipinski definition) is 2. The Labute approximate surface area is 277 Å². The molecule has 7 aromatic carbocycles. The Morgan fingerprint density at radius 2 is 0.979 bits per heavy atom. The normalized spacial score (nSPS) is 11.3. The highest BCUT2D eigenvalue weighted by Gasteiger charge is 2.19. The number of hydrogen-bond donors (Lipinski definition) is 0. The summed E-state index contributed by atoms with van der Waals surface area (Å²) in [5.74, 6) is 0. The number of nitriles is 2. The minimum absolute atomic E-state index is 0.578. The average Bonchev–Trinajstić information content (AvgIpc) is 3.68. The molecule has 0 radical (unpaired) electrons. The van der Waals surface area contributed by atoms with Gasteiger partial charge >= 0.3 is 0 Å². The van der Waals surface area contributed by atoms with Gasteiger partial charge in [0.15, 0.2) is 0 Å². The van der Waals surface area contributed by atoms with Crippen molar-refractivity contribution < 1.29 is 0 Å². The Bertz CT molecular complexity index is 2760. The zero-order valence-corrected chi connectivity index (χ0v) is 25.8. The van der Waals surface area contributed by atoms with E-state index in [1.807, 2.05) is 42.5 Å². The van der Waals surface area contributed by atoms with Crippen LogP contribution in [0.4, 0.5) is 0 Å². The molecule has 0 aliphatic carbocycles. The Hall–Kier alpha value is -6.88. The molecule has 0 fully saturated rings. The first-order valence-electron chi connectivity index (χ1n) is 15.9. The van der Waals surface area contributed by atoms with E-state index in [-0.39, 0.29) is 0 Å². The van der Waals surface area contributed by atoms with E-state index in [9.17, 15) is 10.5 Å². The second kappa shape index (κ2) is 10.9. The summed E-state index contributed by atoms with van der Waals surface area (Å²) in [6.07, 6.45) is 0. The van der Waals surface area contributed by atoms with Crippen LogP contribution in [-0.2, 0) is 0 Å². The summed E-state index contributed by atoms with van der Waals surface area (Å²) in [5.41, 5.74) is 11.5. The molecule has 222 valence electrons. The molecule has 0 N–H and O–H groups in total. The first-order chi connectivity index (χ1) is 23.7. The molecule has 0 bridgehead atoms. The van der Waals surface area contributed by atoms with Gasteiger partial charge in [-0.15, -0.1) is 0 Å². The molecule has 4 nitrogen and oxygen atoms in total. The van der Waals surface area contributed by atoms with Crippen molar-refractivity contribution in [3.05, 3.63) is 169 Å². The Morgan fingerprint density at radius 1 is 0.417 bits per heavy atom. The maximum atomic E-state index is 10.2. The Balaban J connectivity index is 1.24. The van der Waals surface area contributed by atoms with Crippen molar-refractivity contribution in [1.29, 1.82) is 10.5 Å². The van der Waals surface area contributed by atoms with E-state index in [1.165, 1.54) is 21.8 Å². The minimum Gasteiger partial charge on any atom is -0.309 e. The van der Waals surface area contributed by atoms with Crippen LogP contribution in [0.5, 0.6) is 0 Å². The molecule has 0 atom stereocenters. The second-order valence-corrected chi connectivity index (χ2v) is 12.0. The molecule has 0 saturated carbocycles. The fraction of sp³-hybridized carbons (Fsp3) is 0. The molecule has 0 aliphatic rings. The summed E-state index contributed by atoms with van der Waals surface area (Å²) in [7, 11) is 0. The quantitative estimate of drug-likeness (QED) is 0.199. The van der Waals surface area contributed by atoms with Crippen LogP contribution >= 0.6 is 0 Å². The van der Waals surface area contributed by atoms with Crippen molar-refractivity contribution in [1.82, 2.24) is 9.13 Å². The van der Waals surface area contributed by atoms with Crippen LogP contribution < -0.4 is 0 Å². The molecule has 0 aliphatic heterocycles. The van der Waals surface area contributed by atoms with Crippen LogP contribution in [0, 0.1) is 22.7 Å². The van der Waals surface area contributed by atoms with Crippen LogP contribution in [0.3, 0.4) is 0 Å². The molecular formula is C44H26N4. The number of aromatic nitrogens is 2. The van der Waals surface area contributed by atoms with E-state index in [0.29, 0.717) is 11.1 Å². The van der Waals surface area contributed by atoms with Gasteiger partial charge in [-0.25, -0.2) is 0 Å². The van der Waals surface area contributed by atoms with Gasteiger partial charge in [-0.3, -0.25) is 0 Å². The third-order valence-corrected chi connectivity index (χ3v) is 9.37. The molecule has 0 unspecified atom stereocenters. The summed E-state index contributed by atoms with van der Waals surface area (Å²) in [4.78, 5) is 0. The van der Waals surface area contributed by atoms with Crippen LogP contribution in [-0.4, -0.2) is 9.13 Å². The van der Waals surface area contributed by atoms with Gasteiger partial charge in [0.1, 0.15) is 6.07 Å². The Kier molecular flexibility index (Phi) is 6.22. The van der Waals surface area contributed by atoms with Crippen molar-refractivity contribution >= 4 is 43.6 Å². The number of fused-ring (bicyclic) bond motifs is 6. The zero-order valence-electron chi connectivity index (χ0n) is 25.8. The lowest BCUT2D eigenvalue weighted by Crippen LogP contribution is -1.99. The third-order valence-electron chi connectivity index (χ3n) is 9.37. The van der Waals surface area contributed by atoms with E-state index < -0.39 is 0 Å². The maximum absolute atomic E-state index is 10.2. The molecule has 4 heteroatoms. The van der Waals surface area contributed by atoms with Crippen molar-refractivity contribution in [2.45, 2.75) is 0 Å². The fourth-order valence-corrected chi connectivity index (χ4v) is 7.28. The molecule has 0 amide bonds. The van der Waals surface area contributed by atoms with Crippen LogP contribution in [0.2, 0.25) is 0 Å². The fourth-order valence-electron chi connectivity index (χ4n) is 7.28. The molecule has 48 heavy (non-hydrogen) atoms. The van der Waals surface area contributed by atoms with Gasteiger partial charge in [0.25, 0.3) is 0 Å². The maximum Gasteiger partial charge on any atom is 0.101 e. The van der Waals surface area contributed by atoms with Crippen molar-refractivity contribution in [3.8, 4) is 45.8 Å². The molecule has 9 aromatic rings. The topological polar surface area (TPSA) is 57.4 Å². The highest BCUT2D eigenvalue weighted by atomic mass is 15.0. The van der Waals surface area contributed by atoms with E-state index in [4.69, 9.17) is 0 Å². The van der Waals surface area contributed by atoms with E-state index >= 15 is 0 Å². The standard InChI is InChI=1S/C44H26N4/c45-27-29-22-23-43(48-42-21-6-3-17-37(42)38-18-9-13-33(28-46)44(38)48)39(24-29)32-12-7-10-30(25-32)31-11-8-14-34(26-31)47-40-19-4-1-15-35(40)36-16-2-5-20-41(36)47/h1-26H. The predicted octanol–water partition coefficient (Wildman–Crippen LogP) is 11.0. The first kappa shape index (κ1) is 27.4. The molecule has 2 aromatic heterocycles. The average molecular weight is 611 g/mol. The van der Waals surface area contributed by atoms with Crippen molar-refractivity contribution in [2.75, 3.05) is 0 Å². The predicted molar refractivity (Wildman–Crippen MR) is 195 cm³/mol. The summed E-state index contributed by atoms with van der Waals surface area (Å²) < 4.78 is 4.51. The van der Waals surface area contributed by atoms with Gasteiger partial charge in [-0.1, -0.05) is 97.1 Å². The summed E-state index contributed by atoms with van der Waals surface area (Å²) in [5, 5.41) is 24.7. The Morgan fingerprint density at radius 3 is 1.67 bits per heavy atom. The third kappa shape index (κ3) is 4.14. The van der Waals surface area contributed by atoms with Crippen LogP contribution in [0.15, 0.2) is 158 Å². The van der Waals surface area contributed by atoms with Crippen molar-refractivity contribution in [3.63, 3.8) is 0 Å². The number of rotatable bonds is 4. The van der Waals surface area contributed by atoms with Gasteiger partial charge in [0.05, 0.1) is 45.0 Å². The molecule has 9 rings (SSSR count). The highest BCUT2D eigenvalue weighted by Crippen LogP contribution is 2.39. The van der Waals surface area contributed by atoms with Crippen molar-refractivity contribution in [2.24, 2.45) is 0 Å². The smallest absolute Gasteiger partial charge is 0.101 e. The lowest BCUT2D eigenvalue weighted by atomic mass is 9.96.